The van der Waals surface area contributed by atoms with Gasteiger partial charge in [-0.25, -0.2) is 13.1 Å². The van der Waals surface area contributed by atoms with Crippen LogP contribution in [0.25, 0.3) is 0 Å². The summed E-state index contributed by atoms with van der Waals surface area (Å²) in [6.45, 7) is 6.07. The van der Waals surface area contributed by atoms with Gasteiger partial charge < -0.3 is 5.32 Å². The molecule has 8 heteroatoms. The summed E-state index contributed by atoms with van der Waals surface area (Å²) < 4.78 is 27.0. The molecule has 0 aromatic carbocycles. The van der Waals surface area contributed by atoms with Crippen molar-refractivity contribution in [3.63, 3.8) is 0 Å². The Kier molecular flexibility index (Phi) is 4.59. The summed E-state index contributed by atoms with van der Waals surface area (Å²) in [4.78, 5) is 4.23. The first-order valence-electron chi connectivity index (χ1n) is 6.57. The topological polar surface area (TPSA) is 99.8 Å². The molecule has 0 saturated heterocycles. The van der Waals surface area contributed by atoms with Crippen LogP contribution in [0.2, 0.25) is 0 Å². The van der Waals surface area contributed by atoms with Crippen molar-refractivity contribution in [2.75, 3.05) is 18.4 Å². The highest BCUT2D eigenvalue weighted by Gasteiger charge is 2.21. The number of sulfonamides is 1. The smallest absolute Gasteiger partial charge is 0.244 e. The van der Waals surface area contributed by atoms with Crippen LogP contribution in [0.1, 0.15) is 17.0 Å². The van der Waals surface area contributed by atoms with Gasteiger partial charge in [-0.2, -0.15) is 5.10 Å². The number of aryl methyl sites for hydroxylation is 3. The zero-order valence-corrected chi connectivity index (χ0v) is 13.1. The van der Waals surface area contributed by atoms with E-state index >= 15 is 0 Å². The maximum atomic E-state index is 12.2. The Bertz CT molecular complexity index is 704. The van der Waals surface area contributed by atoms with Gasteiger partial charge in [0.25, 0.3) is 0 Å². The summed E-state index contributed by atoms with van der Waals surface area (Å²) in [6, 6.07) is 1.86. The highest BCUT2D eigenvalue weighted by Crippen LogP contribution is 2.16. The van der Waals surface area contributed by atoms with Crippen molar-refractivity contribution in [3.05, 3.63) is 35.4 Å². The fourth-order valence-corrected chi connectivity index (χ4v) is 3.46. The van der Waals surface area contributed by atoms with Gasteiger partial charge in [0.05, 0.1) is 11.4 Å². The number of hydrogen-bond donors (Lipinski definition) is 3. The number of nitrogens with one attached hydrogen (secondary N) is 3. The normalized spacial score (nSPS) is 11.6. The number of H-pyrrole nitrogens is 1. The van der Waals surface area contributed by atoms with Crippen molar-refractivity contribution >= 4 is 15.7 Å². The lowest BCUT2D eigenvalue weighted by Gasteiger charge is -2.10. The molecule has 7 nitrogen and oxygen atoms in total. The van der Waals surface area contributed by atoms with Crippen LogP contribution >= 0.6 is 0 Å². The molecule has 0 radical (unpaired) electrons. The molecule has 0 spiro atoms. The number of pyridine rings is 1. The predicted octanol–water partition coefficient (Wildman–Crippen LogP) is 1.12. The number of hydrogen-bond acceptors (Lipinski definition) is 5. The monoisotopic (exact) mass is 309 g/mol. The maximum Gasteiger partial charge on any atom is 0.244 e. The lowest BCUT2D eigenvalue weighted by atomic mass is 10.2. The average Bonchev–Trinajstić information content (AvgIpc) is 2.77. The van der Waals surface area contributed by atoms with E-state index < -0.39 is 10.0 Å². The molecule has 0 atom stereocenters. The van der Waals surface area contributed by atoms with E-state index in [9.17, 15) is 8.42 Å². The van der Waals surface area contributed by atoms with Crippen LogP contribution in [0.3, 0.4) is 0 Å². The van der Waals surface area contributed by atoms with Crippen LogP contribution < -0.4 is 10.0 Å². The van der Waals surface area contributed by atoms with Gasteiger partial charge in [0, 0.05) is 31.2 Å². The first-order chi connectivity index (χ1) is 9.92. The zero-order valence-electron chi connectivity index (χ0n) is 12.3. The Labute approximate surface area is 124 Å². The summed E-state index contributed by atoms with van der Waals surface area (Å²) in [5.41, 5.74) is 2.97. The quantitative estimate of drug-likeness (QED) is 0.694. The third-order valence-corrected chi connectivity index (χ3v) is 4.81. The molecule has 0 fully saturated rings. The van der Waals surface area contributed by atoms with Gasteiger partial charge in [-0.1, -0.05) is 0 Å². The van der Waals surface area contributed by atoms with Crippen LogP contribution in [-0.2, 0) is 10.0 Å². The van der Waals surface area contributed by atoms with Crippen molar-refractivity contribution in [1.29, 1.82) is 0 Å². The van der Waals surface area contributed by atoms with E-state index in [2.05, 4.69) is 25.2 Å². The maximum absolute atomic E-state index is 12.2. The number of anilines is 1. The Morgan fingerprint density at radius 3 is 2.62 bits per heavy atom. The summed E-state index contributed by atoms with van der Waals surface area (Å²) in [5, 5.41) is 9.75. The van der Waals surface area contributed by atoms with Crippen LogP contribution in [0.5, 0.6) is 0 Å². The number of aromatic nitrogens is 3. The van der Waals surface area contributed by atoms with E-state index in [0.717, 1.165) is 11.3 Å². The van der Waals surface area contributed by atoms with Gasteiger partial charge in [0.2, 0.25) is 10.0 Å². The van der Waals surface area contributed by atoms with E-state index in [1.165, 1.54) is 0 Å². The zero-order chi connectivity index (χ0) is 15.5. The molecule has 0 amide bonds. The van der Waals surface area contributed by atoms with E-state index in [0.29, 0.717) is 17.9 Å². The van der Waals surface area contributed by atoms with Gasteiger partial charge in [-0.15, -0.1) is 0 Å². The predicted molar refractivity (Wildman–Crippen MR) is 80.7 cm³/mol. The van der Waals surface area contributed by atoms with Crippen molar-refractivity contribution in [1.82, 2.24) is 19.9 Å². The lowest BCUT2D eigenvalue weighted by Crippen LogP contribution is -2.29. The van der Waals surface area contributed by atoms with Crippen LogP contribution in [-0.4, -0.2) is 36.7 Å². The molecule has 0 bridgehead atoms. The molecule has 114 valence electrons. The van der Waals surface area contributed by atoms with Crippen molar-refractivity contribution in [2.24, 2.45) is 0 Å². The minimum atomic E-state index is -3.54. The summed E-state index contributed by atoms with van der Waals surface area (Å²) in [7, 11) is -3.54. The number of aromatic amines is 1. The summed E-state index contributed by atoms with van der Waals surface area (Å²) >= 11 is 0. The van der Waals surface area contributed by atoms with E-state index in [-0.39, 0.29) is 11.4 Å². The molecule has 2 aromatic rings. The summed E-state index contributed by atoms with van der Waals surface area (Å²) in [5.74, 6) is 0. The Hall–Kier alpha value is -1.93. The largest absolute Gasteiger partial charge is 0.383 e. The minimum Gasteiger partial charge on any atom is -0.383 e. The van der Waals surface area contributed by atoms with Crippen LogP contribution in [0.15, 0.2) is 23.4 Å². The van der Waals surface area contributed by atoms with Gasteiger partial charge in [0.15, 0.2) is 0 Å². The second-order valence-corrected chi connectivity index (χ2v) is 6.48. The third kappa shape index (κ3) is 3.59. The number of nitrogens with zero attached hydrogens (tertiary/aromatic N) is 2. The molecule has 2 heterocycles. The molecule has 2 rings (SSSR count). The van der Waals surface area contributed by atoms with Crippen LogP contribution in [0, 0.1) is 20.8 Å². The van der Waals surface area contributed by atoms with E-state index in [1.54, 1.807) is 26.2 Å². The second kappa shape index (κ2) is 6.23. The van der Waals surface area contributed by atoms with Crippen molar-refractivity contribution < 1.29 is 8.42 Å². The average molecular weight is 309 g/mol. The van der Waals surface area contributed by atoms with Gasteiger partial charge in [-0.05, 0) is 32.4 Å². The second-order valence-electron chi connectivity index (χ2n) is 4.78. The number of rotatable bonds is 6. The third-order valence-electron chi connectivity index (χ3n) is 3.08. The summed E-state index contributed by atoms with van der Waals surface area (Å²) in [6.07, 6.45) is 3.45. The molecular weight excluding hydrogens is 290 g/mol. The van der Waals surface area contributed by atoms with Gasteiger partial charge in [-0.3, -0.25) is 10.1 Å². The highest BCUT2D eigenvalue weighted by molar-refractivity contribution is 7.89. The molecular formula is C13H19N5O2S. The standard InChI is InChI=1S/C13H19N5O2S/c1-9-8-14-5-4-12(9)15-6-7-16-21(19,20)13-10(2)17-18-11(13)3/h4-5,8,16H,6-7H2,1-3H3,(H,14,15)(H,17,18). The lowest BCUT2D eigenvalue weighted by molar-refractivity contribution is 0.581. The van der Waals surface area contributed by atoms with E-state index in [1.807, 2.05) is 13.0 Å². The molecule has 0 saturated carbocycles. The molecule has 0 unspecified atom stereocenters. The molecule has 2 aromatic heterocycles. The SMILES string of the molecule is Cc1cnccc1NCCNS(=O)(=O)c1c(C)n[nH]c1C. The van der Waals surface area contributed by atoms with E-state index in [4.69, 9.17) is 0 Å². The molecule has 0 aliphatic heterocycles. The minimum absolute atomic E-state index is 0.225. The Morgan fingerprint density at radius 1 is 1.24 bits per heavy atom. The fourth-order valence-electron chi connectivity index (χ4n) is 2.06. The molecule has 21 heavy (non-hydrogen) atoms. The van der Waals surface area contributed by atoms with Crippen molar-refractivity contribution in [2.45, 2.75) is 25.7 Å². The molecule has 3 N–H and O–H groups in total. The fraction of sp³-hybridized carbons (Fsp3) is 0.385. The Balaban J connectivity index is 1.93. The molecule has 0 aliphatic carbocycles. The van der Waals surface area contributed by atoms with Gasteiger partial charge in [0.1, 0.15) is 4.90 Å². The Morgan fingerprint density at radius 2 is 2.00 bits per heavy atom. The van der Waals surface area contributed by atoms with Crippen LogP contribution in [0.4, 0.5) is 5.69 Å². The van der Waals surface area contributed by atoms with Gasteiger partial charge >= 0.3 is 0 Å². The molecule has 0 aliphatic rings. The first kappa shape index (κ1) is 15.5. The highest BCUT2D eigenvalue weighted by atomic mass is 32.2. The van der Waals surface area contributed by atoms with Crippen molar-refractivity contribution in [3.8, 4) is 0 Å². The first-order valence-corrected chi connectivity index (χ1v) is 8.06.